The third-order valence-electron chi connectivity index (χ3n) is 10.7. The van der Waals surface area contributed by atoms with Crippen molar-refractivity contribution in [3.8, 4) is 0 Å². The second-order valence-electron chi connectivity index (χ2n) is 16.6. The van der Waals surface area contributed by atoms with Gasteiger partial charge in [-0.2, -0.15) is 0 Å². The Morgan fingerprint density at radius 3 is 1.58 bits per heavy atom. The number of piperidine rings is 3. The summed E-state index contributed by atoms with van der Waals surface area (Å²) >= 11 is 0. The molecule has 4 aliphatic heterocycles. The monoisotopic (exact) mass is 820 g/mol. The molecule has 340 valence electrons. The lowest BCUT2D eigenvalue weighted by Crippen LogP contribution is -2.61. The van der Waals surface area contributed by atoms with E-state index in [0.717, 1.165) is 51.5 Å². The molecule has 5 unspecified atom stereocenters. The molecule has 4 saturated heterocycles. The van der Waals surface area contributed by atoms with Gasteiger partial charge >= 0.3 is 12.0 Å². The molecule has 0 saturated carbocycles. The molecular formula is C43H92N8O6. The molecule has 0 aromatic heterocycles. The maximum Gasteiger partial charge on any atom is 0.320 e. The first-order valence-electron chi connectivity index (χ1n) is 22.6. The SMILES string of the molecule is CC.CC.CC.CC(C(=O)O)N(C)C.CC1(C)NC(=O)N2CCCCC21.[2HH].[2H]C(=O)N1CCCCC1C(C)(C)N.[2H]C(=O)N1CCCCC1C(C)(C)NC(=O)C(C)N(C)C. The van der Waals surface area contributed by atoms with Crippen molar-refractivity contribution >= 4 is 30.7 Å². The number of hydrogen-bond acceptors (Lipinski definition) is 8. The van der Waals surface area contributed by atoms with Gasteiger partial charge in [0.15, 0.2) is 0 Å². The van der Waals surface area contributed by atoms with Crippen LogP contribution in [0.1, 0.15) is 159 Å². The summed E-state index contributed by atoms with van der Waals surface area (Å²) in [5.41, 5.74) is 5.02. The van der Waals surface area contributed by atoms with Gasteiger partial charge in [-0.1, -0.05) is 41.5 Å². The molecule has 5 N–H and O–H groups in total. The first kappa shape index (κ1) is 54.0. The zero-order valence-electron chi connectivity index (χ0n) is 41.7. The quantitative estimate of drug-likeness (QED) is 0.216. The van der Waals surface area contributed by atoms with Crippen LogP contribution >= 0.6 is 0 Å². The zero-order valence-corrected chi connectivity index (χ0v) is 39.7. The van der Waals surface area contributed by atoms with Gasteiger partial charge < -0.3 is 36.2 Å². The maximum absolute atomic E-state index is 12.2. The van der Waals surface area contributed by atoms with Gasteiger partial charge in [-0.15, -0.1) is 0 Å². The van der Waals surface area contributed by atoms with Crippen molar-refractivity contribution < 1.29 is 33.2 Å². The predicted molar refractivity (Wildman–Crippen MR) is 238 cm³/mol. The number of amides is 5. The number of nitrogens with one attached hydrogen (secondary N) is 2. The van der Waals surface area contributed by atoms with Crippen LogP contribution in [0.25, 0.3) is 0 Å². The van der Waals surface area contributed by atoms with E-state index in [9.17, 15) is 24.0 Å². The number of aliphatic carboxylic acids is 1. The molecule has 0 bridgehead atoms. The summed E-state index contributed by atoms with van der Waals surface area (Å²) in [7, 11) is 7.19. The predicted octanol–water partition coefficient (Wildman–Crippen LogP) is 6.27. The highest BCUT2D eigenvalue weighted by Gasteiger charge is 2.45. The van der Waals surface area contributed by atoms with Crippen LogP contribution in [0.15, 0.2) is 0 Å². The van der Waals surface area contributed by atoms with E-state index in [1.165, 1.54) is 12.8 Å². The summed E-state index contributed by atoms with van der Waals surface area (Å²) in [5, 5.41) is 14.4. The number of carbonyl (C=O) groups excluding carboxylic acids is 4. The third kappa shape index (κ3) is 20.5. The number of likely N-dealkylation sites (N-methyl/N-ethyl adjacent to an activating group) is 2. The average Bonchev–Trinajstić information content (AvgIpc) is 3.43. The van der Waals surface area contributed by atoms with Crippen LogP contribution in [0.3, 0.4) is 0 Å². The fraction of sp³-hybridized carbons (Fsp3) is 0.884. The molecule has 5 atom stereocenters. The van der Waals surface area contributed by atoms with Crippen LogP contribution in [-0.2, 0) is 19.2 Å². The zero-order chi connectivity index (χ0) is 47.1. The van der Waals surface area contributed by atoms with E-state index in [1.807, 2.05) is 100 Å². The van der Waals surface area contributed by atoms with Crippen molar-refractivity contribution in [2.45, 2.75) is 202 Å². The fourth-order valence-corrected chi connectivity index (χ4v) is 6.92. The van der Waals surface area contributed by atoms with Gasteiger partial charge in [-0.25, -0.2) is 4.79 Å². The molecule has 5 amide bonds. The van der Waals surface area contributed by atoms with Crippen LogP contribution in [0.4, 0.5) is 4.79 Å². The molecule has 4 heterocycles. The minimum Gasteiger partial charge on any atom is -0.480 e. The lowest BCUT2D eigenvalue weighted by molar-refractivity contribution is -0.141. The summed E-state index contributed by atoms with van der Waals surface area (Å²) in [6, 6.07) is -0.123. The molecule has 4 rings (SSSR count). The summed E-state index contributed by atoms with van der Waals surface area (Å²) in [5.74, 6) is -0.835. The Morgan fingerprint density at radius 2 is 1.23 bits per heavy atom. The molecule has 0 radical (unpaired) electrons. The van der Waals surface area contributed by atoms with Crippen molar-refractivity contribution in [2.75, 3.05) is 47.8 Å². The molecule has 4 aliphatic rings. The van der Waals surface area contributed by atoms with Gasteiger partial charge in [0.05, 0.1) is 29.2 Å². The number of nitrogens with two attached hydrogens (primary N) is 1. The smallest absolute Gasteiger partial charge is 0.320 e. The molecule has 0 spiro atoms. The highest BCUT2D eigenvalue weighted by atomic mass is 16.4. The van der Waals surface area contributed by atoms with Gasteiger partial charge in [-0.05, 0) is 141 Å². The Bertz CT molecular complexity index is 1240. The molecule has 4 fully saturated rings. The Hall–Kier alpha value is -2.97. The summed E-state index contributed by atoms with van der Waals surface area (Å²) in [6.45, 7) is 29.6. The Labute approximate surface area is 353 Å². The highest BCUT2D eigenvalue weighted by Crippen LogP contribution is 2.31. The van der Waals surface area contributed by atoms with Crippen molar-refractivity contribution in [2.24, 2.45) is 5.73 Å². The van der Waals surface area contributed by atoms with E-state index < -0.39 is 29.8 Å². The van der Waals surface area contributed by atoms with Gasteiger partial charge in [0.1, 0.15) is 8.78 Å². The van der Waals surface area contributed by atoms with Crippen molar-refractivity contribution in [3.05, 3.63) is 0 Å². The van der Waals surface area contributed by atoms with Crippen LogP contribution in [0, 0.1) is 0 Å². The third-order valence-corrected chi connectivity index (χ3v) is 10.7. The Kier molecular flexibility index (Phi) is 27.7. The van der Waals surface area contributed by atoms with Crippen LogP contribution < -0.4 is 16.4 Å². The van der Waals surface area contributed by atoms with Gasteiger partial charge in [0.2, 0.25) is 18.7 Å². The first-order chi connectivity index (χ1) is 27.3. The standard InChI is InChI=1S/C14H27N3O2.C9H16N2O.C9H18N2O.C5H11NO2.3C2H6.H2/c1-11(16(4)5)13(19)15-14(2,3)12-8-6-7-9-17(12)10-18;1-9(2)7-5-3-4-6-11(7)8(12)10-9;1-9(2,10)8-5-3-4-6-11(8)7-12;1-4(5(7)8)6(2)3;3*1-2;/h10-12H,6-9H2,1-5H3,(H,15,19);7H,3-6H2,1-2H3,(H,10,12);7-8H,3-6,10H2,1-2H3;4H,1-3H3,(H,7,8);3*1-2H3;1H/i10D;;7D;;;;;1+1. The maximum atomic E-state index is 12.2. The molecular weight excluding hydrogens is 725 g/mol. The van der Waals surface area contributed by atoms with E-state index in [4.69, 9.17) is 13.6 Å². The minimum absolute atomic E-state index is 0. The van der Waals surface area contributed by atoms with E-state index in [1.54, 1.807) is 35.7 Å². The van der Waals surface area contributed by atoms with Crippen LogP contribution in [-0.4, -0.2) is 155 Å². The van der Waals surface area contributed by atoms with E-state index in [0.29, 0.717) is 19.1 Å². The number of urea groups is 1. The number of carbonyl (C=O) groups is 5. The van der Waals surface area contributed by atoms with Gasteiger partial charge in [-0.3, -0.25) is 29.0 Å². The fourth-order valence-electron chi connectivity index (χ4n) is 6.92. The molecule has 57 heavy (non-hydrogen) atoms. The number of rotatable bonds is 7. The van der Waals surface area contributed by atoms with Crippen LogP contribution in [0.2, 0.25) is 0 Å². The first-order valence-corrected chi connectivity index (χ1v) is 21.6. The molecule has 0 aromatic rings. The summed E-state index contributed by atoms with van der Waals surface area (Å²) < 4.78 is 14.5. The number of hydrogen-bond donors (Lipinski definition) is 4. The number of likely N-dealkylation sites (tertiary alicyclic amines) is 2. The number of carboxylic acids is 1. The van der Waals surface area contributed by atoms with Crippen molar-refractivity contribution in [3.63, 3.8) is 0 Å². The van der Waals surface area contributed by atoms with Crippen molar-refractivity contribution in [1.29, 1.82) is 0 Å². The normalized spacial score (nSPS) is 22.5. The number of nitrogens with zero attached hydrogens (tertiary/aromatic N) is 5. The second kappa shape index (κ2) is 29.3. The number of fused-ring (bicyclic) bond motifs is 1. The lowest BCUT2D eigenvalue weighted by atomic mass is 9.86. The average molecular weight is 820 g/mol. The summed E-state index contributed by atoms with van der Waals surface area (Å²) in [6.07, 6.45) is 8.15. The molecule has 14 nitrogen and oxygen atoms in total. The van der Waals surface area contributed by atoms with E-state index >= 15 is 0 Å². The number of carboxylic acid groups (broad SMARTS) is 1. The van der Waals surface area contributed by atoms with E-state index in [-0.39, 0.29) is 43.1 Å². The highest BCUT2D eigenvalue weighted by molar-refractivity contribution is 5.82. The largest absolute Gasteiger partial charge is 0.480 e. The van der Waals surface area contributed by atoms with Gasteiger partial charge in [0.25, 0.3) is 0 Å². The Morgan fingerprint density at radius 1 is 0.825 bits per heavy atom. The second-order valence-corrected chi connectivity index (χ2v) is 16.6. The van der Waals surface area contributed by atoms with Crippen molar-refractivity contribution in [1.82, 2.24) is 35.1 Å². The van der Waals surface area contributed by atoms with Crippen LogP contribution in [0.5, 0.6) is 0 Å². The molecule has 14 heteroatoms. The van der Waals surface area contributed by atoms with Gasteiger partial charge in [0, 0.05) is 32.6 Å². The summed E-state index contributed by atoms with van der Waals surface area (Å²) in [4.78, 5) is 64.8. The molecule has 0 aromatic carbocycles. The lowest BCUT2D eigenvalue weighted by Gasteiger charge is -2.44. The van der Waals surface area contributed by atoms with E-state index in [2.05, 4.69) is 24.5 Å². The minimum atomic E-state index is -0.782. The Balaban J connectivity index is -0.000000345. The topological polar surface area (TPSA) is 172 Å². The molecule has 0 aliphatic carbocycles.